The first-order valence-electron chi connectivity index (χ1n) is 11.1. The molecule has 36 heavy (non-hydrogen) atoms. The lowest BCUT2D eigenvalue weighted by molar-refractivity contribution is 0.153. The Bertz CT molecular complexity index is 1310. The molecule has 0 radical (unpaired) electrons. The fraction of sp³-hybridized carbons (Fsp3) is 0.269. The number of benzene rings is 3. The second-order valence-corrected chi connectivity index (χ2v) is 9.67. The standard InChI is InChI=1S/C26H29FN2O6S/c1-18-5-9-22(15-19(18)2)28-26(30)29(13-14-33-3)17-20-6-12-24(34-4)25(16-20)35-36(31,32)23-10-7-21(27)8-11-23/h5-12,15-16H,13-14,17H2,1-4H3,(H,28,30). The third kappa shape index (κ3) is 6.96. The summed E-state index contributed by atoms with van der Waals surface area (Å²) in [6, 6.07) is 14.4. The van der Waals surface area contributed by atoms with E-state index in [1.165, 1.54) is 13.2 Å². The van der Waals surface area contributed by atoms with Gasteiger partial charge in [0, 0.05) is 25.9 Å². The number of hydrogen-bond donors (Lipinski definition) is 1. The Morgan fingerprint density at radius 1 is 0.944 bits per heavy atom. The van der Waals surface area contributed by atoms with Crippen LogP contribution in [0.1, 0.15) is 16.7 Å². The molecule has 2 amide bonds. The van der Waals surface area contributed by atoms with Gasteiger partial charge in [0.1, 0.15) is 10.7 Å². The predicted molar refractivity (Wildman–Crippen MR) is 134 cm³/mol. The Labute approximate surface area is 210 Å². The average Bonchev–Trinajstić information content (AvgIpc) is 2.84. The number of carbonyl (C=O) groups excluding carboxylic acids is 1. The van der Waals surface area contributed by atoms with E-state index in [0.717, 1.165) is 35.4 Å². The molecule has 0 saturated heterocycles. The van der Waals surface area contributed by atoms with Crippen molar-refractivity contribution in [3.05, 3.63) is 83.2 Å². The molecule has 0 aliphatic carbocycles. The Morgan fingerprint density at radius 3 is 2.31 bits per heavy atom. The number of nitrogens with one attached hydrogen (secondary N) is 1. The van der Waals surface area contributed by atoms with Gasteiger partial charge < -0.3 is 23.9 Å². The van der Waals surface area contributed by atoms with Gasteiger partial charge in [-0.3, -0.25) is 0 Å². The molecule has 0 aliphatic rings. The van der Waals surface area contributed by atoms with Crippen molar-refractivity contribution in [2.75, 3.05) is 32.7 Å². The Balaban J connectivity index is 1.83. The molecule has 0 heterocycles. The molecule has 3 aromatic rings. The molecule has 0 aromatic heterocycles. The Kier molecular flexibility index (Phi) is 8.89. The molecule has 0 unspecified atom stereocenters. The number of carbonyl (C=O) groups is 1. The van der Waals surface area contributed by atoms with Gasteiger partial charge in [0.05, 0.1) is 13.7 Å². The second kappa shape index (κ2) is 11.9. The van der Waals surface area contributed by atoms with E-state index in [1.54, 1.807) is 24.1 Å². The van der Waals surface area contributed by atoms with E-state index in [2.05, 4.69) is 5.32 Å². The van der Waals surface area contributed by atoms with E-state index in [1.807, 2.05) is 32.0 Å². The lowest BCUT2D eigenvalue weighted by atomic mass is 10.1. The van der Waals surface area contributed by atoms with Crippen molar-refractivity contribution in [3.63, 3.8) is 0 Å². The van der Waals surface area contributed by atoms with Crippen LogP contribution < -0.4 is 14.2 Å². The third-order valence-electron chi connectivity index (χ3n) is 5.51. The van der Waals surface area contributed by atoms with Crippen LogP contribution in [-0.4, -0.2) is 46.7 Å². The summed E-state index contributed by atoms with van der Waals surface area (Å²) in [7, 11) is -1.32. The number of halogens is 1. The quantitative estimate of drug-likeness (QED) is 0.385. The number of methoxy groups -OCH3 is 2. The van der Waals surface area contributed by atoms with E-state index in [0.29, 0.717) is 24.4 Å². The minimum absolute atomic E-state index is 0.0550. The van der Waals surface area contributed by atoms with Crippen LogP contribution >= 0.6 is 0 Å². The van der Waals surface area contributed by atoms with E-state index < -0.39 is 15.9 Å². The highest BCUT2D eigenvalue weighted by Gasteiger charge is 2.21. The fourth-order valence-corrected chi connectivity index (χ4v) is 4.28. The zero-order valence-corrected chi connectivity index (χ0v) is 21.4. The number of amides is 2. The fourth-order valence-electron chi connectivity index (χ4n) is 3.35. The van der Waals surface area contributed by atoms with Crippen LogP contribution in [0.2, 0.25) is 0 Å². The highest BCUT2D eigenvalue weighted by Crippen LogP contribution is 2.31. The summed E-state index contributed by atoms with van der Waals surface area (Å²) in [6.07, 6.45) is 0. The van der Waals surface area contributed by atoms with E-state index in [-0.39, 0.29) is 29.0 Å². The predicted octanol–water partition coefficient (Wildman–Crippen LogP) is 4.90. The maximum absolute atomic E-state index is 13.2. The lowest BCUT2D eigenvalue weighted by Gasteiger charge is -2.23. The molecular weight excluding hydrogens is 487 g/mol. The summed E-state index contributed by atoms with van der Waals surface area (Å²) in [5.41, 5.74) is 3.43. The van der Waals surface area contributed by atoms with Gasteiger partial charge >= 0.3 is 16.1 Å². The van der Waals surface area contributed by atoms with E-state index in [4.69, 9.17) is 13.7 Å². The number of aryl methyl sites for hydroxylation is 2. The minimum atomic E-state index is -4.25. The monoisotopic (exact) mass is 516 g/mol. The van der Waals surface area contributed by atoms with Crippen molar-refractivity contribution in [3.8, 4) is 11.5 Å². The van der Waals surface area contributed by atoms with Gasteiger partial charge in [-0.05, 0) is 79.1 Å². The van der Waals surface area contributed by atoms with Crippen LogP contribution in [0, 0.1) is 19.7 Å². The number of rotatable bonds is 10. The van der Waals surface area contributed by atoms with Gasteiger partial charge in [-0.2, -0.15) is 8.42 Å². The molecule has 0 fully saturated rings. The molecule has 3 aromatic carbocycles. The maximum Gasteiger partial charge on any atom is 0.339 e. The molecular formula is C26H29FN2O6S. The first-order valence-corrected chi connectivity index (χ1v) is 12.5. The second-order valence-electron chi connectivity index (χ2n) is 8.12. The topological polar surface area (TPSA) is 94.2 Å². The van der Waals surface area contributed by atoms with Crippen molar-refractivity contribution in [1.82, 2.24) is 4.90 Å². The molecule has 192 valence electrons. The largest absolute Gasteiger partial charge is 0.493 e. The summed E-state index contributed by atoms with van der Waals surface area (Å²) in [5.74, 6) is -0.434. The molecule has 3 rings (SSSR count). The highest BCUT2D eigenvalue weighted by atomic mass is 32.2. The average molecular weight is 517 g/mol. The van der Waals surface area contributed by atoms with Gasteiger partial charge in [-0.15, -0.1) is 0 Å². The molecule has 0 aliphatic heterocycles. The number of hydrogen-bond acceptors (Lipinski definition) is 6. The molecule has 0 saturated carbocycles. The molecule has 0 atom stereocenters. The molecule has 8 nitrogen and oxygen atoms in total. The van der Waals surface area contributed by atoms with Gasteiger partial charge in [0.15, 0.2) is 11.5 Å². The van der Waals surface area contributed by atoms with Crippen molar-refractivity contribution in [2.24, 2.45) is 0 Å². The van der Waals surface area contributed by atoms with Crippen LogP contribution in [-0.2, 0) is 21.4 Å². The SMILES string of the molecule is COCCN(Cc1ccc(OC)c(OS(=O)(=O)c2ccc(F)cc2)c1)C(=O)Nc1ccc(C)c(C)c1. The Hall–Kier alpha value is -3.63. The van der Waals surface area contributed by atoms with Crippen LogP contribution in [0.25, 0.3) is 0 Å². The smallest absolute Gasteiger partial charge is 0.339 e. The van der Waals surface area contributed by atoms with Gasteiger partial charge in [0.25, 0.3) is 0 Å². The summed E-state index contributed by atoms with van der Waals surface area (Å²) in [6.45, 7) is 4.71. The van der Waals surface area contributed by atoms with Gasteiger partial charge in [0.2, 0.25) is 0 Å². The van der Waals surface area contributed by atoms with Crippen molar-refractivity contribution in [2.45, 2.75) is 25.3 Å². The summed E-state index contributed by atoms with van der Waals surface area (Å²) in [5, 5.41) is 2.89. The Morgan fingerprint density at radius 2 is 1.67 bits per heavy atom. The van der Waals surface area contributed by atoms with Crippen LogP contribution in [0.5, 0.6) is 11.5 Å². The van der Waals surface area contributed by atoms with Crippen LogP contribution in [0.3, 0.4) is 0 Å². The zero-order valence-electron chi connectivity index (χ0n) is 20.6. The van der Waals surface area contributed by atoms with E-state index >= 15 is 0 Å². The molecule has 0 spiro atoms. The molecule has 10 heteroatoms. The number of nitrogens with zero attached hydrogens (tertiary/aromatic N) is 1. The normalized spacial score (nSPS) is 11.1. The van der Waals surface area contributed by atoms with Crippen LogP contribution in [0.4, 0.5) is 14.9 Å². The summed E-state index contributed by atoms with van der Waals surface area (Å²) >= 11 is 0. The van der Waals surface area contributed by atoms with Gasteiger partial charge in [-0.25, -0.2) is 9.18 Å². The summed E-state index contributed by atoms with van der Waals surface area (Å²) in [4.78, 5) is 14.4. The van der Waals surface area contributed by atoms with Crippen molar-refractivity contribution < 1.29 is 31.3 Å². The first-order chi connectivity index (χ1) is 17.1. The van der Waals surface area contributed by atoms with Crippen LogP contribution in [0.15, 0.2) is 65.6 Å². The number of ether oxygens (including phenoxy) is 2. The molecule has 1 N–H and O–H groups in total. The third-order valence-corrected chi connectivity index (χ3v) is 6.76. The summed E-state index contributed by atoms with van der Waals surface area (Å²) < 4.78 is 54.4. The first kappa shape index (κ1) is 27.0. The van der Waals surface area contributed by atoms with E-state index in [9.17, 15) is 17.6 Å². The highest BCUT2D eigenvalue weighted by molar-refractivity contribution is 7.87. The number of urea groups is 1. The number of anilines is 1. The van der Waals surface area contributed by atoms with Crippen molar-refractivity contribution in [1.29, 1.82) is 0 Å². The minimum Gasteiger partial charge on any atom is -0.493 e. The maximum atomic E-state index is 13.2. The van der Waals surface area contributed by atoms with Crippen molar-refractivity contribution >= 4 is 21.8 Å². The molecule has 0 bridgehead atoms. The zero-order chi connectivity index (χ0) is 26.3. The lowest BCUT2D eigenvalue weighted by Crippen LogP contribution is -2.36. The van der Waals surface area contributed by atoms with Gasteiger partial charge in [-0.1, -0.05) is 12.1 Å².